The summed E-state index contributed by atoms with van der Waals surface area (Å²) in [6, 6.07) is 5.58. The first-order valence-corrected chi connectivity index (χ1v) is 7.47. The lowest BCUT2D eigenvalue weighted by atomic mass is 10.1. The molecule has 0 aromatic heterocycles. The second kappa shape index (κ2) is 8.47. The van der Waals surface area contributed by atoms with Gasteiger partial charge in [0, 0.05) is 0 Å². The molecule has 0 heterocycles. The van der Waals surface area contributed by atoms with E-state index in [2.05, 4.69) is 5.32 Å². The van der Waals surface area contributed by atoms with E-state index in [0.717, 1.165) is 12.2 Å². The summed E-state index contributed by atoms with van der Waals surface area (Å²) in [5, 5.41) is 11.7. The highest BCUT2D eigenvalue weighted by molar-refractivity contribution is 7.99. The Morgan fingerprint density at radius 3 is 2.50 bits per heavy atom. The second-order valence-electron chi connectivity index (χ2n) is 4.16. The van der Waals surface area contributed by atoms with E-state index in [-0.39, 0.29) is 11.7 Å². The maximum absolute atomic E-state index is 11.7. The highest BCUT2D eigenvalue weighted by Crippen LogP contribution is 2.18. The van der Waals surface area contributed by atoms with E-state index in [1.807, 2.05) is 6.92 Å². The van der Waals surface area contributed by atoms with Crippen molar-refractivity contribution in [2.75, 3.05) is 18.6 Å². The van der Waals surface area contributed by atoms with Crippen LogP contribution in [0.2, 0.25) is 0 Å². The van der Waals surface area contributed by atoms with Gasteiger partial charge in [-0.3, -0.25) is 4.79 Å². The number of carbonyl (C=O) groups excluding carboxylic acids is 1. The van der Waals surface area contributed by atoms with Crippen molar-refractivity contribution in [1.82, 2.24) is 5.32 Å². The van der Waals surface area contributed by atoms with Crippen LogP contribution in [0.25, 0.3) is 0 Å². The largest absolute Gasteiger partial charge is 0.497 e. The molecule has 0 aliphatic carbocycles. The van der Waals surface area contributed by atoms with Crippen molar-refractivity contribution in [1.29, 1.82) is 0 Å². The van der Waals surface area contributed by atoms with Crippen molar-refractivity contribution in [3.63, 3.8) is 0 Å². The standard InChI is InChI=1S/C14H19NO4S/c1-3-8-20-9-12(16)15-13(14(17)18)10-4-6-11(19-2)7-5-10/h4-7,13H,3,8-9H2,1-2H3,(H,15,16)(H,17,18). The van der Waals surface area contributed by atoms with Gasteiger partial charge in [-0.2, -0.15) is 11.8 Å². The van der Waals surface area contributed by atoms with Crippen molar-refractivity contribution in [2.24, 2.45) is 0 Å². The molecule has 1 rings (SSSR count). The molecule has 1 unspecified atom stereocenters. The van der Waals surface area contributed by atoms with Crippen molar-refractivity contribution >= 4 is 23.6 Å². The van der Waals surface area contributed by atoms with Gasteiger partial charge in [-0.05, 0) is 29.9 Å². The van der Waals surface area contributed by atoms with Crippen molar-refractivity contribution in [3.8, 4) is 5.75 Å². The number of thioether (sulfide) groups is 1. The molecule has 1 atom stereocenters. The summed E-state index contributed by atoms with van der Waals surface area (Å²) in [4.78, 5) is 23.0. The van der Waals surface area contributed by atoms with Gasteiger partial charge in [-0.25, -0.2) is 4.79 Å². The molecule has 2 N–H and O–H groups in total. The summed E-state index contributed by atoms with van der Waals surface area (Å²) < 4.78 is 5.02. The Bertz CT molecular complexity index is 447. The summed E-state index contributed by atoms with van der Waals surface area (Å²) >= 11 is 1.49. The third-order valence-corrected chi connectivity index (χ3v) is 3.75. The zero-order chi connectivity index (χ0) is 15.0. The first kappa shape index (κ1) is 16.4. The second-order valence-corrected chi connectivity index (χ2v) is 5.27. The molecule has 20 heavy (non-hydrogen) atoms. The van der Waals surface area contributed by atoms with E-state index >= 15 is 0 Å². The third-order valence-electron chi connectivity index (χ3n) is 2.58. The van der Waals surface area contributed by atoms with Crippen LogP contribution in [0.3, 0.4) is 0 Å². The number of ether oxygens (including phenoxy) is 1. The topological polar surface area (TPSA) is 75.6 Å². The van der Waals surface area contributed by atoms with Crippen molar-refractivity contribution in [3.05, 3.63) is 29.8 Å². The number of amides is 1. The number of benzene rings is 1. The quantitative estimate of drug-likeness (QED) is 0.719. The molecule has 6 heteroatoms. The SMILES string of the molecule is CCCSCC(=O)NC(C(=O)O)c1ccc(OC)cc1. The fourth-order valence-electron chi connectivity index (χ4n) is 1.60. The van der Waals surface area contributed by atoms with Crippen LogP contribution in [0, 0.1) is 0 Å². The van der Waals surface area contributed by atoms with Gasteiger partial charge >= 0.3 is 5.97 Å². The predicted octanol–water partition coefficient (Wildman–Crippen LogP) is 2.08. The maximum atomic E-state index is 11.7. The predicted molar refractivity (Wildman–Crippen MR) is 79.1 cm³/mol. The molecule has 1 amide bonds. The van der Waals surface area contributed by atoms with Gasteiger partial charge in [0.2, 0.25) is 5.91 Å². The van der Waals surface area contributed by atoms with E-state index in [1.54, 1.807) is 24.3 Å². The molecule has 110 valence electrons. The van der Waals surface area contributed by atoms with E-state index in [9.17, 15) is 14.7 Å². The molecule has 5 nitrogen and oxygen atoms in total. The van der Waals surface area contributed by atoms with Crippen LogP contribution in [0.4, 0.5) is 0 Å². The third kappa shape index (κ3) is 5.13. The molecule has 0 aliphatic heterocycles. The monoisotopic (exact) mass is 297 g/mol. The van der Waals surface area contributed by atoms with Crippen LogP contribution in [-0.4, -0.2) is 35.6 Å². The lowest BCUT2D eigenvalue weighted by Crippen LogP contribution is -2.34. The van der Waals surface area contributed by atoms with E-state index in [0.29, 0.717) is 11.3 Å². The number of carbonyl (C=O) groups is 2. The zero-order valence-corrected chi connectivity index (χ0v) is 12.4. The van der Waals surface area contributed by atoms with Crippen LogP contribution in [-0.2, 0) is 9.59 Å². The van der Waals surface area contributed by atoms with Crippen LogP contribution in [0.15, 0.2) is 24.3 Å². The number of hydrogen-bond donors (Lipinski definition) is 2. The molecule has 0 spiro atoms. The molecule has 1 aromatic rings. The fraction of sp³-hybridized carbons (Fsp3) is 0.429. The average Bonchev–Trinajstić information content (AvgIpc) is 2.45. The van der Waals surface area contributed by atoms with E-state index in [1.165, 1.54) is 18.9 Å². The molecule has 0 saturated carbocycles. The molecular weight excluding hydrogens is 278 g/mol. The molecular formula is C14H19NO4S. The highest BCUT2D eigenvalue weighted by atomic mass is 32.2. The Hall–Kier alpha value is -1.69. The summed E-state index contributed by atoms with van der Waals surface area (Å²) in [7, 11) is 1.54. The Kier molecular flexibility index (Phi) is 6.93. The molecule has 0 saturated heterocycles. The van der Waals surface area contributed by atoms with Crippen molar-refractivity contribution < 1.29 is 19.4 Å². The number of carboxylic acid groups (broad SMARTS) is 1. The van der Waals surface area contributed by atoms with Gasteiger partial charge in [-0.15, -0.1) is 0 Å². The first-order valence-electron chi connectivity index (χ1n) is 6.32. The Labute approximate surface area is 122 Å². The number of aliphatic carboxylic acids is 1. The molecule has 1 aromatic carbocycles. The van der Waals surface area contributed by atoms with Crippen LogP contribution < -0.4 is 10.1 Å². The lowest BCUT2D eigenvalue weighted by Gasteiger charge is -2.15. The normalized spacial score (nSPS) is 11.7. The van der Waals surface area contributed by atoms with Gasteiger partial charge in [0.15, 0.2) is 6.04 Å². The summed E-state index contributed by atoms with van der Waals surface area (Å²) in [6.45, 7) is 2.03. The Morgan fingerprint density at radius 2 is 2.00 bits per heavy atom. The Morgan fingerprint density at radius 1 is 1.35 bits per heavy atom. The maximum Gasteiger partial charge on any atom is 0.330 e. The van der Waals surface area contributed by atoms with Gasteiger partial charge in [0.25, 0.3) is 0 Å². The number of hydrogen-bond acceptors (Lipinski definition) is 4. The number of rotatable bonds is 8. The molecule has 0 radical (unpaired) electrons. The first-order chi connectivity index (χ1) is 9.58. The van der Waals surface area contributed by atoms with Crippen molar-refractivity contribution in [2.45, 2.75) is 19.4 Å². The smallest absolute Gasteiger partial charge is 0.330 e. The number of carboxylic acids is 1. The summed E-state index contributed by atoms with van der Waals surface area (Å²) in [5.74, 6) is 0.444. The molecule has 0 fully saturated rings. The minimum atomic E-state index is -1.08. The number of methoxy groups -OCH3 is 1. The highest BCUT2D eigenvalue weighted by Gasteiger charge is 2.21. The van der Waals surface area contributed by atoms with Crippen LogP contribution in [0.1, 0.15) is 24.9 Å². The van der Waals surface area contributed by atoms with E-state index < -0.39 is 12.0 Å². The summed E-state index contributed by atoms with van der Waals surface area (Å²) in [6.07, 6.45) is 0.985. The number of nitrogens with one attached hydrogen (secondary N) is 1. The summed E-state index contributed by atoms with van der Waals surface area (Å²) in [5.41, 5.74) is 0.521. The molecule has 0 bridgehead atoms. The van der Waals surface area contributed by atoms with Gasteiger partial charge in [0.1, 0.15) is 5.75 Å². The van der Waals surface area contributed by atoms with Gasteiger partial charge in [-0.1, -0.05) is 19.1 Å². The van der Waals surface area contributed by atoms with Crippen LogP contribution >= 0.6 is 11.8 Å². The van der Waals surface area contributed by atoms with Gasteiger partial charge < -0.3 is 15.2 Å². The average molecular weight is 297 g/mol. The van der Waals surface area contributed by atoms with Gasteiger partial charge in [0.05, 0.1) is 12.9 Å². The fourth-order valence-corrected chi connectivity index (χ4v) is 2.30. The zero-order valence-electron chi connectivity index (χ0n) is 11.6. The minimum absolute atomic E-state index is 0.272. The minimum Gasteiger partial charge on any atom is -0.497 e. The lowest BCUT2D eigenvalue weighted by molar-refractivity contribution is -0.141. The van der Waals surface area contributed by atoms with E-state index in [4.69, 9.17) is 4.74 Å². The Balaban J connectivity index is 2.68. The molecule has 0 aliphatic rings. The van der Waals surface area contributed by atoms with Crippen LogP contribution in [0.5, 0.6) is 5.75 Å².